The van der Waals surface area contributed by atoms with Crippen molar-refractivity contribution in [3.8, 4) is 0 Å². The number of halogens is 2. The second kappa shape index (κ2) is 5.33. The monoisotopic (exact) mass is 256 g/mol. The van der Waals surface area contributed by atoms with Crippen molar-refractivity contribution in [2.45, 2.75) is 20.8 Å². The highest BCUT2D eigenvalue weighted by Crippen LogP contribution is 2.20. The Balaban J connectivity index is 2.88. The maximum Gasteiger partial charge on any atom is 0.251 e. The van der Waals surface area contributed by atoms with Crippen LogP contribution in [0, 0.1) is 17.0 Å². The summed E-state index contributed by atoms with van der Waals surface area (Å²) < 4.78 is 26.9. The summed E-state index contributed by atoms with van der Waals surface area (Å²) in [4.78, 5) is 11.7. The van der Waals surface area contributed by atoms with E-state index in [0.717, 1.165) is 12.1 Å². The third-order valence-electron chi connectivity index (χ3n) is 2.33. The Kier molecular flexibility index (Phi) is 4.27. The highest BCUT2D eigenvalue weighted by Gasteiger charge is 2.16. The van der Waals surface area contributed by atoms with E-state index >= 15 is 0 Å². The smallest absolute Gasteiger partial charge is 0.251 e. The lowest BCUT2D eigenvalue weighted by Gasteiger charge is -2.18. The van der Waals surface area contributed by atoms with Crippen LogP contribution >= 0.6 is 0 Å². The highest BCUT2D eigenvalue weighted by molar-refractivity contribution is 5.94. The number of rotatable bonds is 3. The lowest BCUT2D eigenvalue weighted by atomic mass is 9.97. The van der Waals surface area contributed by atoms with Gasteiger partial charge in [0.05, 0.1) is 0 Å². The standard InChI is InChI=1S/C13H18F2N2O/c1-13(2,3)7-17-12(18)8-5-9(14)11(16-4)10(15)6-8/h5-6,16H,7H2,1-4H3,(H,17,18). The zero-order valence-electron chi connectivity index (χ0n) is 11.0. The molecule has 0 atom stereocenters. The molecule has 0 aliphatic heterocycles. The maximum atomic E-state index is 13.5. The number of amides is 1. The van der Waals surface area contributed by atoms with Crippen LogP contribution in [0.4, 0.5) is 14.5 Å². The molecule has 5 heteroatoms. The van der Waals surface area contributed by atoms with Crippen LogP contribution in [0.15, 0.2) is 12.1 Å². The third-order valence-corrected chi connectivity index (χ3v) is 2.33. The maximum absolute atomic E-state index is 13.5. The number of hydrogen-bond acceptors (Lipinski definition) is 2. The molecule has 1 rings (SSSR count). The van der Waals surface area contributed by atoms with Crippen molar-refractivity contribution < 1.29 is 13.6 Å². The average molecular weight is 256 g/mol. The van der Waals surface area contributed by atoms with Gasteiger partial charge in [0.2, 0.25) is 0 Å². The minimum atomic E-state index is -0.779. The molecule has 18 heavy (non-hydrogen) atoms. The van der Waals surface area contributed by atoms with E-state index in [4.69, 9.17) is 0 Å². The molecule has 0 bridgehead atoms. The van der Waals surface area contributed by atoms with Crippen molar-refractivity contribution in [1.82, 2.24) is 5.32 Å². The molecule has 0 heterocycles. The van der Waals surface area contributed by atoms with Crippen LogP contribution in [-0.4, -0.2) is 19.5 Å². The second-order valence-electron chi connectivity index (χ2n) is 5.31. The van der Waals surface area contributed by atoms with Gasteiger partial charge in [-0.05, 0) is 17.5 Å². The minimum Gasteiger partial charge on any atom is -0.383 e. The van der Waals surface area contributed by atoms with Crippen molar-refractivity contribution in [3.05, 3.63) is 29.3 Å². The summed E-state index contributed by atoms with van der Waals surface area (Å²) in [5, 5.41) is 5.04. The number of nitrogens with one attached hydrogen (secondary N) is 2. The largest absolute Gasteiger partial charge is 0.383 e. The van der Waals surface area contributed by atoms with Crippen molar-refractivity contribution >= 4 is 11.6 Å². The Morgan fingerprint density at radius 3 is 2.11 bits per heavy atom. The van der Waals surface area contributed by atoms with Gasteiger partial charge in [0.15, 0.2) is 0 Å². The van der Waals surface area contributed by atoms with E-state index in [9.17, 15) is 13.6 Å². The summed E-state index contributed by atoms with van der Waals surface area (Å²) in [6.45, 7) is 6.30. The van der Waals surface area contributed by atoms with Crippen LogP contribution in [0.25, 0.3) is 0 Å². The Hall–Kier alpha value is -1.65. The molecule has 0 fully saturated rings. The molecule has 0 aliphatic carbocycles. The van der Waals surface area contributed by atoms with Crippen LogP contribution in [0.3, 0.4) is 0 Å². The van der Waals surface area contributed by atoms with Crippen LogP contribution in [0.1, 0.15) is 31.1 Å². The van der Waals surface area contributed by atoms with Gasteiger partial charge < -0.3 is 10.6 Å². The number of benzene rings is 1. The Morgan fingerprint density at radius 1 is 1.22 bits per heavy atom. The molecule has 2 N–H and O–H groups in total. The van der Waals surface area contributed by atoms with Gasteiger partial charge >= 0.3 is 0 Å². The van der Waals surface area contributed by atoms with Crippen LogP contribution in [-0.2, 0) is 0 Å². The van der Waals surface area contributed by atoms with E-state index in [1.54, 1.807) is 0 Å². The number of carbonyl (C=O) groups excluding carboxylic acids is 1. The first kappa shape index (κ1) is 14.4. The van der Waals surface area contributed by atoms with Gasteiger partial charge in [-0.3, -0.25) is 4.79 Å². The summed E-state index contributed by atoms with van der Waals surface area (Å²) in [6, 6.07) is 2.04. The molecular weight excluding hydrogens is 238 g/mol. The predicted molar refractivity (Wildman–Crippen MR) is 67.7 cm³/mol. The van der Waals surface area contributed by atoms with E-state index in [-0.39, 0.29) is 16.7 Å². The van der Waals surface area contributed by atoms with Gasteiger partial charge in [0.25, 0.3) is 5.91 Å². The molecule has 0 saturated heterocycles. The van der Waals surface area contributed by atoms with Gasteiger partial charge in [0, 0.05) is 19.2 Å². The summed E-state index contributed by atoms with van der Waals surface area (Å²) in [5.41, 5.74) is -0.340. The van der Waals surface area contributed by atoms with E-state index in [1.165, 1.54) is 7.05 Å². The predicted octanol–water partition coefficient (Wildman–Crippen LogP) is 2.78. The first-order valence-corrected chi connectivity index (χ1v) is 5.69. The summed E-state index contributed by atoms with van der Waals surface area (Å²) in [6.07, 6.45) is 0. The Morgan fingerprint density at radius 2 is 1.72 bits per heavy atom. The molecule has 0 spiro atoms. The van der Waals surface area contributed by atoms with Gasteiger partial charge in [-0.1, -0.05) is 20.8 Å². The number of anilines is 1. The molecule has 0 unspecified atom stereocenters. The number of hydrogen-bond donors (Lipinski definition) is 2. The second-order valence-corrected chi connectivity index (χ2v) is 5.31. The zero-order valence-corrected chi connectivity index (χ0v) is 11.0. The normalized spacial score (nSPS) is 11.2. The van der Waals surface area contributed by atoms with Crippen molar-refractivity contribution in [2.24, 2.45) is 5.41 Å². The topological polar surface area (TPSA) is 41.1 Å². The van der Waals surface area contributed by atoms with Crippen LogP contribution < -0.4 is 10.6 Å². The Labute approximate surface area is 106 Å². The van der Waals surface area contributed by atoms with E-state index in [1.807, 2.05) is 20.8 Å². The SMILES string of the molecule is CNc1c(F)cc(C(=O)NCC(C)(C)C)cc1F. The van der Waals surface area contributed by atoms with E-state index in [0.29, 0.717) is 6.54 Å². The summed E-state index contributed by atoms with van der Waals surface area (Å²) in [5.74, 6) is -2.04. The third kappa shape index (κ3) is 3.68. The molecule has 1 aromatic rings. The quantitative estimate of drug-likeness (QED) is 0.873. The molecule has 0 aromatic heterocycles. The fourth-order valence-corrected chi connectivity index (χ4v) is 1.39. The molecule has 3 nitrogen and oxygen atoms in total. The molecule has 0 aliphatic rings. The first-order chi connectivity index (χ1) is 8.24. The van der Waals surface area contributed by atoms with Gasteiger partial charge in [0.1, 0.15) is 17.3 Å². The highest BCUT2D eigenvalue weighted by atomic mass is 19.1. The van der Waals surface area contributed by atoms with E-state index < -0.39 is 17.5 Å². The minimum absolute atomic E-state index is 0.0201. The summed E-state index contributed by atoms with van der Waals surface area (Å²) >= 11 is 0. The zero-order chi connectivity index (χ0) is 13.9. The van der Waals surface area contributed by atoms with E-state index in [2.05, 4.69) is 10.6 Å². The lowest BCUT2D eigenvalue weighted by Crippen LogP contribution is -2.32. The van der Waals surface area contributed by atoms with Gasteiger partial charge in [-0.2, -0.15) is 0 Å². The molecule has 1 aromatic carbocycles. The summed E-state index contributed by atoms with van der Waals surface area (Å²) in [7, 11) is 1.42. The lowest BCUT2D eigenvalue weighted by molar-refractivity contribution is 0.0938. The van der Waals surface area contributed by atoms with Crippen molar-refractivity contribution in [2.75, 3.05) is 18.9 Å². The van der Waals surface area contributed by atoms with Crippen molar-refractivity contribution in [1.29, 1.82) is 0 Å². The van der Waals surface area contributed by atoms with Crippen molar-refractivity contribution in [3.63, 3.8) is 0 Å². The molecule has 0 radical (unpaired) electrons. The number of carbonyl (C=O) groups is 1. The van der Waals surface area contributed by atoms with Gasteiger partial charge in [-0.15, -0.1) is 0 Å². The fourth-order valence-electron chi connectivity index (χ4n) is 1.39. The van der Waals surface area contributed by atoms with Crippen LogP contribution in [0.5, 0.6) is 0 Å². The fraction of sp³-hybridized carbons (Fsp3) is 0.462. The van der Waals surface area contributed by atoms with Gasteiger partial charge in [-0.25, -0.2) is 8.78 Å². The molecule has 100 valence electrons. The Bertz CT molecular complexity index is 430. The molecule has 0 saturated carbocycles. The molecule has 1 amide bonds. The molecular formula is C13H18F2N2O. The first-order valence-electron chi connectivity index (χ1n) is 5.69. The van der Waals surface area contributed by atoms with Crippen LogP contribution in [0.2, 0.25) is 0 Å². The average Bonchev–Trinajstić information content (AvgIpc) is 2.24.